The van der Waals surface area contributed by atoms with Gasteiger partial charge in [0.15, 0.2) is 0 Å². The highest BCUT2D eigenvalue weighted by molar-refractivity contribution is 6.27. The van der Waals surface area contributed by atoms with Crippen molar-refractivity contribution in [3.8, 4) is 0 Å². The highest BCUT2D eigenvalue weighted by atomic mass is 35.5. The van der Waals surface area contributed by atoms with Gasteiger partial charge in [0.2, 0.25) is 0 Å². The maximum absolute atomic E-state index is 10.7. The maximum Gasteiger partial charge on any atom is 0.308 e. The van der Waals surface area contributed by atoms with E-state index in [9.17, 15) is 9.59 Å². The van der Waals surface area contributed by atoms with E-state index in [1.165, 1.54) is 7.11 Å². The molecule has 0 spiro atoms. The van der Waals surface area contributed by atoms with Gasteiger partial charge in [-0.2, -0.15) is 0 Å². The summed E-state index contributed by atoms with van der Waals surface area (Å²) in [5.41, 5.74) is 0. The molecule has 1 atom stereocenters. The number of Topliss-reactive ketones (excluding diaryl/α,β-unsaturated/α-hetero) is 1. The van der Waals surface area contributed by atoms with Gasteiger partial charge in [-0.1, -0.05) is 6.92 Å². The summed E-state index contributed by atoms with van der Waals surface area (Å²) >= 11 is 5.24. The fraction of sp³-hybridized carbons (Fsp3) is 0.714. The Morgan fingerprint density at radius 1 is 1.55 bits per heavy atom. The number of esters is 1. The second-order valence-corrected chi connectivity index (χ2v) is 2.57. The van der Waals surface area contributed by atoms with Gasteiger partial charge in [0, 0.05) is 6.42 Å². The third kappa shape index (κ3) is 3.98. The zero-order chi connectivity index (χ0) is 8.85. The lowest BCUT2D eigenvalue weighted by atomic mass is 10.1. The Morgan fingerprint density at radius 3 is 2.45 bits per heavy atom. The van der Waals surface area contributed by atoms with Crippen LogP contribution in [0.5, 0.6) is 0 Å². The van der Waals surface area contributed by atoms with Crippen molar-refractivity contribution in [2.24, 2.45) is 5.92 Å². The molecule has 4 heteroatoms. The van der Waals surface area contributed by atoms with E-state index in [0.717, 1.165) is 0 Å². The number of methoxy groups -OCH3 is 1. The first-order valence-corrected chi connectivity index (χ1v) is 3.80. The molecule has 3 nitrogen and oxygen atoms in total. The molecule has 0 aromatic rings. The summed E-state index contributed by atoms with van der Waals surface area (Å²) in [7, 11) is 1.30. The highest BCUT2D eigenvalue weighted by Crippen LogP contribution is 2.04. The Hall–Kier alpha value is -0.570. The summed E-state index contributed by atoms with van der Waals surface area (Å²) in [5, 5.41) is 0. The molecule has 0 rings (SSSR count). The van der Waals surface area contributed by atoms with Crippen LogP contribution in [0.2, 0.25) is 0 Å². The second-order valence-electron chi connectivity index (χ2n) is 2.30. The predicted octanol–water partition coefficient (Wildman–Crippen LogP) is 0.993. The minimum atomic E-state index is -0.383. The molecule has 0 bridgehead atoms. The fourth-order valence-electron chi connectivity index (χ4n) is 0.681. The lowest BCUT2D eigenvalue weighted by Crippen LogP contribution is -2.17. The monoisotopic (exact) mass is 178 g/mol. The van der Waals surface area contributed by atoms with Crippen LogP contribution in [0.3, 0.4) is 0 Å². The molecule has 0 aliphatic carbocycles. The molecule has 0 aromatic carbocycles. The zero-order valence-corrected chi connectivity index (χ0v) is 7.35. The molecular formula is C7H11ClO3. The van der Waals surface area contributed by atoms with Crippen LogP contribution in [0, 0.1) is 5.92 Å². The Kier molecular flexibility index (Phi) is 4.86. The first kappa shape index (κ1) is 10.4. The summed E-state index contributed by atoms with van der Waals surface area (Å²) in [6.45, 7) is 1.64. The third-order valence-electron chi connectivity index (χ3n) is 1.29. The smallest absolute Gasteiger partial charge is 0.308 e. The molecule has 0 amide bonds. The van der Waals surface area contributed by atoms with E-state index in [4.69, 9.17) is 11.6 Å². The van der Waals surface area contributed by atoms with Crippen LogP contribution in [0.15, 0.2) is 0 Å². The van der Waals surface area contributed by atoms with Gasteiger partial charge in [0.25, 0.3) is 0 Å². The number of ether oxygens (including phenoxy) is 1. The standard InChI is InChI=1S/C7H11ClO3/c1-5(7(10)11-2)3-6(9)4-8/h5H,3-4H2,1-2H3. The van der Waals surface area contributed by atoms with Crippen molar-refractivity contribution in [2.75, 3.05) is 13.0 Å². The van der Waals surface area contributed by atoms with Gasteiger partial charge in [0.05, 0.1) is 18.9 Å². The van der Waals surface area contributed by atoms with Crippen LogP contribution >= 0.6 is 11.6 Å². The number of carbonyl (C=O) groups excluding carboxylic acids is 2. The van der Waals surface area contributed by atoms with Gasteiger partial charge in [-0.3, -0.25) is 9.59 Å². The highest BCUT2D eigenvalue weighted by Gasteiger charge is 2.16. The quantitative estimate of drug-likeness (QED) is 0.477. The molecule has 0 aliphatic heterocycles. The number of hydrogen-bond acceptors (Lipinski definition) is 3. The molecule has 11 heavy (non-hydrogen) atoms. The summed E-state index contributed by atoms with van der Waals surface area (Å²) < 4.78 is 4.42. The fourth-order valence-corrected chi connectivity index (χ4v) is 0.790. The average Bonchev–Trinajstić information content (AvgIpc) is 2.02. The molecular weight excluding hydrogens is 168 g/mol. The minimum Gasteiger partial charge on any atom is -0.469 e. The molecule has 0 aliphatic rings. The molecule has 64 valence electrons. The number of alkyl halides is 1. The lowest BCUT2D eigenvalue weighted by molar-refractivity contribution is -0.146. The van der Waals surface area contributed by atoms with Crippen molar-refractivity contribution < 1.29 is 14.3 Å². The van der Waals surface area contributed by atoms with Gasteiger partial charge in [-0.15, -0.1) is 11.6 Å². The Balaban J connectivity index is 3.77. The number of carbonyl (C=O) groups is 2. The van der Waals surface area contributed by atoms with Crippen LogP contribution in [-0.2, 0) is 14.3 Å². The Morgan fingerprint density at radius 2 is 2.09 bits per heavy atom. The molecule has 0 saturated carbocycles. The van der Waals surface area contributed by atoms with Crippen molar-refractivity contribution in [1.29, 1.82) is 0 Å². The van der Waals surface area contributed by atoms with Gasteiger partial charge in [-0.25, -0.2) is 0 Å². The van der Waals surface area contributed by atoms with Gasteiger partial charge >= 0.3 is 5.97 Å². The van der Waals surface area contributed by atoms with Crippen molar-refractivity contribution in [2.45, 2.75) is 13.3 Å². The predicted molar refractivity (Wildman–Crippen MR) is 41.5 cm³/mol. The summed E-state index contributed by atoms with van der Waals surface area (Å²) in [5.74, 6) is -0.930. The van der Waals surface area contributed by atoms with E-state index in [1.807, 2.05) is 0 Å². The van der Waals surface area contributed by atoms with Crippen molar-refractivity contribution in [1.82, 2.24) is 0 Å². The molecule has 0 heterocycles. The molecule has 0 saturated heterocycles. The summed E-state index contributed by atoms with van der Waals surface area (Å²) in [4.78, 5) is 21.4. The lowest BCUT2D eigenvalue weighted by Gasteiger charge is -2.05. The van der Waals surface area contributed by atoms with E-state index in [2.05, 4.69) is 4.74 Å². The Labute approximate surface area is 70.7 Å². The van der Waals surface area contributed by atoms with E-state index < -0.39 is 0 Å². The van der Waals surface area contributed by atoms with E-state index >= 15 is 0 Å². The molecule has 0 radical (unpaired) electrons. The van der Waals surface area contributed by atoms with Crippen molar-refractivity contribution in [3.05, 3.63) is 0 Å². The van der Waals surface area contributed by atoms with Crippen molar-refractivity contribution >= 4 is 23.4 Å². The van der Waals surface area contributed by atoms with E-state index in [0.29, 0.717) is 0 Å². The third-order valence-corrected chi connectivity index (χ3v) is 1.58. The molecule has 0 aromatic heterocycles. The van der Waals surface area contributed by atoms with Crippen LogP contribution < -0.4 is 0 Å². The summed E-state index contributed by atoms with van der Waals surface area (Å²) in [6.07, 6.45) is 0.163. The van der Waals surface area contributed by atoms with Crippen LogP contribution in [-0.4, -0.2) is 24.7 Å². The van der Waals surface area contributed by atoms with E-state index in [-0.39, 0.29) is 30.0 Å². The first-order chi connectivity index (χ1) is 5.11. The zero-order valence-electron chi connectivity index (χ0n) is 6.59. The van der Waals surface area contributed by atoms with Gasteiger partial charge in [0.1, 0.15) is 5.78 Å². The van der Waals surface area contributed by atoms with Crippen molar-refractivity contribution in [3.63, 3.8) is 0 Å². The van der Waals surface area contributed by atoms with Gasteiger partial charge in [-0.05, 0) is 0 Å². The number of ketones is 1. The second kappa shape index (κ2) is 5.13. The molecule has 0 N–H and O–H groups in total. The average molecular weight is 179 g/mol. The van der Waals surface area contributed by atoms with Crippen LogP contribution in [0.25, 0.3) is 0 Å². The topological polar surface area (TPSA) is 43.4 Å². The number of hydrogen-bond donors (Lipinski definition) is 0. The maximum atomic E-state index is 10.7. The molecule has 0 fully saturated rings. The Bertz CT molecular complexity index is 156. The van der Waals surface area contributed by atoms with Crippen LogP contribution in [0.1, 0.15) is 13.3 Å². The van der Waals surface area contributed by atoms with Gasteiger partial charge < -0.3 is 4.74 Å². The van der Waals surface area contributed by atoms with E-state index in [1.54, 1.807) is 6.92 Å². The largest absolute Gasteiger partial charge is 0.469 e. The molecule has 1 unspecified atom stereocenters. The van der Waals surface area contributed by atoms with Crippen LogP contribution in [0.4, 0.5) is 0 Å². The number of halogens is 1. The normalized spacial score (nSPS) is 12.3. The summed E-state index contributed by atoms with van der Waals surface area (Å²) in [6, 6.07) is 0. The SMILES string of the molecule is COC(=O)C(C)CC(=O)CCl. The number of rotatable bonds is 4. The first-order valence-electron chi connectivity index (χ1n) is 3.27. The minimum absolute atomic E-state index is 0.0403.